The van der Waals surface area contributed by atoms with Gasteiger partial charge in [0, 0.05) is 30.3 Å². The minimum atomic E-state index is -0.468. The predicted molar refractivity (Wildman–Crippen MR) is 81.4 cm³/mol. The van der Waals surface area contributed by atoms with Gasteiger partial charge in [-0.3, -0.25) is 19.8 Å². The molecule has 0 spiro atoms. The first kappa shape index (κ1) is 15.6. The minimum Gasteiger partial charge on any atom is -0.293 e. The molecule has 5 nitrogen and oxygen atoms in total. The highest BCUT2D eigenvalue weighted by molar-refractivity contribution is 5.98. The molecule has 0 saturated carbocycles. The Labute approximate surface area is 125 Å². The maximum Gasteiger partial charge on any atom is 0.270 e. The van der Waals surface area contributed by atoms with Crippen molar-refractivity contribution >= 4 is 11.5 Å². The van der Waals surface area contributed by atoms with E-state index >= 15 is 0 Å². The fraction of sp³-hybridized carbons (Fsp3) is 0.562. The topological polar surface area (TPSA) is 63.5 Å². The molecule has 1 saturated heterocycles. The number of benzene rings is 1. The number of rotatable bonds is 4. The Balaban J connectivity index is 2.10. The molecule has 1 aromatic rings. The standard InChI is InChI=1S/C16H22N2O3/c1-11-7-12(2)13(3)17(9-11)10-16(19)14-5-4-6-15(8-14)18(20)21/h4-6,8,11-13H,7,9-10H2,1-3H3. The van der Waals surface area contributed by atoms with Crippen molar-refractivity contribution in [2.24, 2.45) is 11.8 Å². The van der Waals surface area contributed by atoms with Crippen LogP contribution in [0.1, 0.15) is 37.6 Å². The number of ketones is 1. The molecule has 5 heteroatoms. The molecule has 2 rings (SSSR count). The number of carbonyl (C=O) groups excluding carboxylic acids is 1. The second kappa shape index (κ2) is 6.35. The number of piperidine rings is 1. The Kier molecular flexibility index (Phi) is 4.73. The molecule has 0 aliphatic carbocycles. The zero-order valence-corrected chi connectivity index (χ0v) is 12.8. The van der Waals surface area contributed by atoms with E-state index in [0.717, 1.165) is 6.54 Å². The molecule has 0 aromatic heterocycles. The van der Waals surface area contributed by atoms with Gasteiger partial charge in [-0.2, -0.15) is 0 Å². The normalized spacial score (nSPS) is 26.5. The monoisotopic (exact) mass is 290 g/mol. The van der Waals surface area contributed by atoms with E-state index in [1.54, 1.807) is 12.1 Å². The van der Waals surface area contributed by atoms with Crippen molar-refractivity contribution in [2.75, 3.05) is 13.1 Å². The Morgan fingerprint density at radius 3 is 2.76 bits per heavy atom. The van der Waals surface area contributed by atoms with Gasteiger partial charge >= 0.3 is 0 Å². The van der Waals surface area contributed by atoms with Crippen molar-refractivity contribution in [3.63, 3.8) is 0 Å². The number of nitro benzene ring substituents is 1. The van der Waals surface area contributed by atoms with Gasteiger partial charge in [-0.25, -0.2) is 0 Å². The average Bonchev–Trinajstić information content (AvgIpc) is 2.44. The van der Waals surface area contributed by atoms with Crippen molar-refractivity contribution in [1.82, 2.24) is 4.90 Å². The van der Waals surface area contributed by atoms with Gasteiger partial charge in [0.05, 0.1) is 11.5 Å². The lowest BCUT2D eigenvalue weighted by Crippen LogP contribution is -2.47. The van der Waals surface area contributed by atoms with E-state index in [1.807, 2.05) is 0 Å². The van der Waals surface area contributed by atoms with Gasteiger partial charge in [-0.05, 0) is 25.2 Å². The quantitative estimate of drug-likeness (QED) is 0.485. The summed E-state index contributed by atoms with van der Waals surface area (Å²) in [5.74, 6) is 1.09. The summed E-state index contributed by atoms with van der Waals surface area (Å²) >= 11 is 0. The summed E-state index contributed by atoms with van der Waals surface area (Å²) < 4.78 is 0. The number of hydrogen-bond donors (Lipinski definition) is 0. The number of nitro groups is 1. The third kappa shape index (κ3) is 3.67. The van der Waals surface area contributed by atoms with Crippen LogP contribution < -0.4 is 0 Å². The summed E-state index contributed by atoms with van der Waals surface area (Å²) in [4.78, 5) is 24.9. The molecule has 1 aliphatic heterocycles. The maximum atomic E-state index is 12.4. The summed E-state index contributed by atoms with van der Waals surface area (Å²) in [6.45, 7) is 7.80. The van der Waals surface area contributed by atoms with Crippen LogP contribution in [0.4, 0.5) is 5.69 Å². The van der Waals surface area contributed by atoms with E-state index in [1.165, 1.54) is 18.6 Å². The molecule has 1 fully saturated rings. The summed E-state index contributed by atoms with van der Waals surface area (Å²) in [6.07, 6.45) is 1.18. The lowest BCUT2D eigenvalue weighted by atomic mass is 9.86. The Morgan fingerprint density at radius 2 is 2.10 bits per heavy atom. The molecule has 0 bridgehead atoms. The van der Waals surface area contributed by atoms with Crippen LogP contribution in [0.25, 0.3) is 0 Å². The molecular weight excluding hydrogens is 268 g/mol. The molecule has 114 valence electrons. The van der Waals surface area contributed by atoms with Crippen molar-refractivity contribution in [3.8, 4) is 0 Å². The fourth-order valence-corrected chi connectivity index (χ4v) is 3.11. The number of hydrogen-bond acceptors (Lipinski definition) is 4. The van der Waals surface area contributed by atoms with Crippen LogP contribution in [-0.2, 0) is 0 Å². The highest BCUT2D eigenvalue weighted by atomic mass is 16.6. The molecule has 1 aromatic carbocycles. The van der Waals surface area contributed by atoms with Crippen LogP contribution >= 0.6 is 0 Å². The zero-order valence-electron chi connectivity index (χ0n) is 12.8. The fourth-order valence-electron chi connectivity index (χ4n) is 3.11. The predicted octanol–water partition coefficient (Wildman–Crippen LogP) is 3.14. The first-order valence-corrected chi connectivity index (χ1v) is 7.40. The number of carbonyl (C=O) groups is 1. The summed E-state index contributed by atoms with van der Waals surface area (Å²) in [5, 5.41) is 10.8. The minimum absolute atomic E-state index is 0.0331. The molecule has 21 heavy (non-hydrogen) atoms. The van der Waals surface area contributed by atoms with Gasteiger partial charge < -0.3 is 0 Å². The number of likely N-dealkylation sites (tertiary alicyclic amines) is 1. The smallest absolute Gasteiger partial charge is 0.270 e. The molecule has 0 N–H and O–H groups in total. The summed E-state index contributed by atoms with van der Waals surface area (Å²) in [6, 6.07) is 6.35. The molecule has 0 amide bonds. The Hall–Kier alpha value is -1.75. The first-order valence-electron chi connectivity index (χ1n) is 7.40. The van der Waals surface area contributed by atoms with Gasteiger partial charge in [-0.1, -0.05) is 26.0 Å². The maximum absolute atomic E-state index is 12.4. The second-order valence-electron chi connectivity index (χ2n) is 6.22. The average molecular weight is 290 g/mol. The zero-order chi connectivity index (χ0) is 15.6. The molecule has 3 unspecified atom stereocenters. The van der Waals surface area contributed by atoms with Gasteiger partial charge in [0.25, 0.3) is 5.69 Å². The third-order valence-corrected chi connectivity index (χ3v) is 4.45. The van der Waals surface area contributed by atoms with E-state index in [-0.39, 0.29) is 11.5 Å². The number of non-ortho nitro benzene ring substituents is 1. The summed E-state index contributed by atoms with van der Waals surface area (Å²) in [7, 11) is 0. The van der Waals surface area contributed by atoms with Crippen molar-refractivity contribution in [3.05, 3.63) is 39.9 Å². The van der Waals surface area contributed by atoms with Gasteiger partial charge in [0.15, 0.2) is 5.78 Å². The van der Waals surface area contributed by atoms with Crippen LogP contribution in [0.3, 0.4) is 0 Å². The molecular formula is C16H22N2O3. The SMILES string of the molecule is CC1CC(C)C(C)N(CC(=O)c2cccc([N+](=O)[O-])c2)C1. The van der Waals surface area contributed by atoms with Gasteiger partial charge in [-0.15, -0.1) is 0 Å². The van der Waals surface area contributed by atoms with Crippen LogP contribution in [0.2, 0.25) is 0 Å². The largest absolute Gasteiger partial charge is 0.293 e. The van der Waals surface area contributed by atoms with E-state index in [0.29, 0.717) is 30.0 Å². The van der Waals surface area contributed by atoms with Crippen LogP contribution in [-0.4, -0.2) is 34.7 Å². The first-order chi connectivity index (χ1) is 9.88. The van der Waals surface area contributed by atoms with Crippen LogP contribution in [0, 0.1) is 22.0 Å². The number of Topliss-reactive ketones (excluding diaryl/α,β-unsaturated/α-hetero) is 1. The molecule has 1 heterocycles. The van der Waals surface area contributed by atoms with Crippen molar-refractivity contribution < 1.29 is 9.72 Å². The van der Waals surface area contributed by atoms with E-state index < -0.39 is 4.92 Å². The van der Waals surface area contributed by atoms with Crippen molar-refractivity contribution in [1.29, 1.82) is 0 Å². The van der Waals surface area contributed by atoms with Crippen molar-refractivity contribution in [2.45, 2.75) is 33.2 Å². The lowest BCUT2D eigenvalue weighted by Gasteiger charge is -2.40. The molecule has 3 atom stereocenters. The summed E-state index contributed by atoms with van der Waals surface area (Å²) in [5.41, 5.74) is 0.386. The van der Waals surface area contributed by atoms with E-state index in [9.17, 15) is 14.9 Å². The van der Waals surface area contributed by atoms with Crippen LogP contribution in [0.15, 0.2) is 24.3 Å². The second-order valence-corrected chi connectivity index (χ2v) is 6.22. The van der Waals surface area contributed by atoms with E-state index in [2.05, 4.69) is 25.7 Å². The highest BCUT2D eigenvalue weighted by Crippen LogP contribution is 2.27. The lowest BCUT2D eigenvalue weighted by molar-refractivity contribution is -0.384. The van der Waals surface area contributed by atoms with Crippen LogP contribution in [0.5, 0.6) is 0 Å². The Morgan fingerprint density at radius 1 is 1.38 bits per heavy atom. The third-order valence-electron chi connectivity index (χ3n) is 4.45. The van der Waals surface area contributed by atoms with Gasteiger partial charge in [0.1, 0.15) is 0 Å². The number of nitrogens with zero attached hydrogens (tertiary/aromatic N) is 2. The van der Waals surface area contributed by atoms with Gasteiger partial charge in [0.2, 0.25) is 0 Å². The Bertz CT molecular complexity index is 544. The van der Waals surface area contributed by atoms with E-state index in [4.69, 9.17) is 0 Å². The molecule has 0 radical (unpaired) electrons. The molecule has 1 aliphatic rings. The highest BCUT2D eigenvalue weighted by Gasteiger charge is 2.30.